The molecule has 0 unspecified atom stereocenters. The van der Waals surface area contributed by atoms with Crippen LogP contribution >= 0.6 is 11.3 Å². The van der Waals surface area contributed by atoms with Gasteiger partial charge in [0, 0.05) is 12.1 Å². The number of nitrogens with zero attached hydrogens (tertiary/aromatic N) is 3. The predicted molar refractivity (Wildman–Crippen MR) is 68.8 cm³/mol. The zero-order valence-electron chi connectivity index (χ0n) is 9.84. The highest BCUT2D eigenvalue weighted by Gasteiger charge is 2.36. The lowest BCUT2D eigenvalue weighted by Gasteiger charge is -2.01. The maximum Gasteiger partial charge on any atom is 0.180 e. The maximum absolute atomic E-state index is 5.71. The summed E-state index contributed by atoms with van der Waals surface area (Å²) in [4.78, 5) is 14.3. The van der Waals surface area contributed by atoms with Gasteiger partial charge in [-0.15, -0.1) is 0 Å². The van der Waals surface area contributed by atoms with Crippen molar-refractivity contribution in [1.82, 2.24) is 15.0 Å². The summed E-state index contributed by atoms with van der Waals surface area (Å²) >= 11 is 1.49. The SMILES string of the molecule is Cc1nc(N)sc1-c1ccnc([C@H]2C[C@H]2C)n1. The molecule has 1 saturated carbocycles. The van der Waals surface area contributed by atoms with Crippen LogP contribution in [0.15, 0.2) is 12.3 Å². The Balaban J connectivity index is 2.00. The van der Waals surface area contributed by atoms with E-state index in [1.807, 2.05) is 19.2 Å². The zero-order valence-corrected chi connectivity index (χ0v) is 10.7. The average Bonchev–Trinajstić information content (AvgIpc) is 2.93. The van der Waals surface area contributed by atoms with Gasteiger partial charge in [-0.2, -0.15) is 0 Å². The van der Waals surface area contributed by atoms with Gasteiger partial charge in [0.15, 0.2) is 5.13 Å². The lowest BCUT2D eigenvalue weighted by atomic mass is 10.2. The van der Waals surface area contributed by atoms with Crippen molar-refractivity contribution >= 4 is 16.5 Å². The van der Waals surface area contributed by atoms with E-state index in [1.54, 1.807) is 0 Å². The smallest absolute Gasteiger partial charge is 0.180 e. The molecule has 1 aliphatic rings. The van der Waals surface area contributed by atoms with E-state index in [-0.39, 0.29) is 0 Å². The number of rotatable bonds is 2. The number of thiazole rings is 1. The quantitative estimate of drug-likeness (QED) is 0.884. The molecule has 5 heteroatoms. The van der Waals surface area contributed by atoms with E-state index in [4.69, 9.17) is 5.73 Å². The summed E-state index contributed by atoms with van der Waals surface area (Å²) in [6.45, 7) is 4.19. The van der Waals surface area contributed by atoms with E-state index in [0.29, 0.717) is 11.0 Å². The summed E-state index contributed by atoms with van der Waals surface area (Å²) < 4.78 is 0. The van der Waals surface area contributed by atoms with Crippen molar-refractivity contribution in [2.75, 3.05) is 5.73 Å². The van der Waals surface area contributed by atoms with Gasteiger partial charge >= 0.3 is 0 Å². The molecular formula is C12H14N4S. The van der Waals surface area contributed by atoms with Crippen LogP contribution < -0.4 is 5.73 Å². The molecule has 0 saturated heterocycles. The molecule has 88 valence electrons. The summed E-state index contributed by atoms with van der Waals surface area (Å²) in [5, 5.41) is 0.595. The number of anilines is 1. The Morgan fingerprint density at radius 1 is 1.41 bits per heavy atom. The third-order valence-electron chi connectivity index (χ3n) is 3.16. The van der Waals surface area contributed by atoms with Gasteiger partial charge in [0.25, 0.3) is 0 Å². The topological polar surface area (TPSA) is 64.7 Å². The van der Waals surface area contributed by atoms with Crippen molar-refractivity contribution in [2.45, 2.75) is 26.2 Å². The van der Waals surface area contributed by atoms with E-state index in [9.17, 15) is 0 Å². The van der Waals surface area contributed by atoms with Gasteiger partial charge in [-0.25, -0.2) is 15.0 Å². The highest BCUT2D eigenvalue weighted by molar-refractivity contribution is 7.18. The van der Waals surface area contributed by atoms with Gasteiger partial charge in [0.2, 0.25) is 0 Å². The fraction of sp³-hybridized carbons (Fsp3) is 0.417. The molecule has 0 radical (unpaired) electrons. The van der Waals surface area contributed by atoms with Crippen molar-refractivity contribution in [3.63, 3.8) is 0 Å². The Morgan fingerprint density at radius 3 is 2.76 bits per heavy atom. The molecule has 0 amide bonds. The molecule has 2 heterocycles. The molecule has 1 aliphatic carbocycles. The first-order valence-corrected chi connectivity index (χ1v) is 6.53. The van der Waals surface area contributed by atoms with Crippen molar-refractivity contribution in [2.24, 2.45) is 5.92 Å². The molecule has 0 spiro atoms. The van der Waals surface area contributed by atoms with Crippen LogP contribution in [0.2, 0.25) is 0 Å². The van der Waals surface area contributed by atoms with Gasteiger partial charge in [0.05, 0.1) is 16.3 Å². The first kappa shape index (κ1) is 10.7. The Bertz CT molecular complexity index is 563. The average molecular weight is 246 g/mol. The Labute approximate surface area is 104 Å². The lowest BCUT2D eigenvalue weighted by Crippen LogP contribution is -1.94. The van der Waals surface area contributed by atoms with Gasteiger partial charge in [-0.1, -0.05) is 18.3 Å². The van der Waals surface area contributed by atoms with Crippen LogP contribution in [0.3, 0.4) is 0 Å². The third-order valence-corrected chi connectivity index (χ3v) is 4.17. The van der Waals surface area contributed by atoms with E-state index in [1.165, 1.54) is 17.8 Å². The molecule has 2 atom stereocenters. The first-order chi connectivity index (χ1) is 8.15. The predicted octanol–water partition coefficient (Wildman–Crippen LogP) is 2.61. The number of hydrogen-bond acceptors (Lipinski definition) is 5. The molecule has 0 aliphatic heterocycles. The minimum absolute atomic E-state index is 0.542. The Hall–Kier alpha value is -1.49. The minimum Gasteiger partial charge on any atom is -0.375 e. The van der Waals surface area contributed by atoms with E-state index >= 15 is 0 Å². The summed E-state index contributed by atoms with van der Waals surface area (Å²) in [7, 11) is 0. The summed E-state index contributed by atoms with van der Waals surface area (Å²) in [6, 6.07) is 1.93. The Morgan fingerprint density at radius 2 is 2.18 bits per heavy atom. The van der Waals surface area contributed by atoms with Gasteiger partial charge in [-0.3, -0.25) is 0 Å². The zero-order chi connectivity index (χ0) is 12.0. The van der Waals surface area contributed by atoms with Crippen molar-refractivity contribution in [1.29, 1.82) is 0 Å². The monoisotopic (exact) mass is 246 g/mol. The van der Waals surface area contributed by atoms with E-state index < -0.39 is 0 Å². The number of nitrogen functional groups attached to an aromatic ring is 1. The normalized spacial score (nSPS) is 22.7. The molecule has 4 nitrogen and oxygen atoms in total. The van der Waals surface area contributed by atoms with Crippen molar-refractivity contribution in [3.8, 4) is 10.6 Å². The molecule has 2 N–H and O–H groups in total. The molecule has 17 heavy (non-hydrogen) atoms. The molecule has 3 rings (SSSR count). The van der Waals surface area contributed by atoms with Crippen LogP contribution in [-0.2, 0) is 0 Å². The fourth-order valence-corrected chi connectivity index (χ4v) is 2.82. The van der Waals surface area contributed by atoms with Crippen LogP contribution in [0.4, 0.5) is 5.13 Å². The second-order valence-electron chi connectivity index (χ2n) is 4.59. The number of hydrogen-bond donors (Lipinski definition) is 1. The second kappa shape index (κ2) is 3.77. The standard InChI is InChI=1S/C12H14N4S/c1-6-5-8(6)11-14-4-3-9(16-11)10-7(2)15-12(13)17-10/h3-4,6,8H,5H2,1-2H3,(H2,13,15)/t6-,8+/m1/s1. The summed E-state index contributed by atoms with van der Waals surface area (Å²) in [5.74, 6) is 2.22. The summed E-state index contributed by atoms with van der Waals surface area (Å²) in [5.41, 5.74) is 7.60. The van der Waals surface area contributed by atoms with Crippen LogP contribution in [0.1, 0.15) is 30.8 Å². The van der Waals surface area contributed by atoms with E-state index in [0.717, 1.165) is 28.0 Å². The minimum atomic E-state index is 0.542. The molecule has 2 aromatic rings. The molecule has 0 bridgehead atoms. The van der Waals surface area contributed by atoms with Crippen LogP contribution in [0.25, 0.3) is 10.6 Å². The lowest BCUT2D eigenvalue weighted by molar-refractivity contribution is 0.844. The molecular weight excluding hydrogens is 232 g/mol. The summed E-state index contributed by atoms with van der Waals surface area (Å²) in [6.07, 6.45) is 3.03. The third kappa shape index (κ3) is 1.91. The van der Waals surface area contributed by atoms with E-state index in [2.05, 4.69) is 21.9 Å². The van der Waals surface area contributed by atoms with Crippen molar-refractivity contribution < 1.29 is 0 Å². The molecule has 2 aromatic heterocycles. The number of aromatic nitrogens is 3. The van der Waals surface area contributed by atoms with Crippen molar-refractivity contribution in [3.05, 3.63) is 23.8 Å². The number of nitrogens with two attached hydrogens (primary N) is 1. The van der Waals surface area contributed by atoms with Crippen LogP contribution in [0, 0.1) is 12.8 Å². The maximum atomic E-state index is 5.71. The fourth-order valence-electron chi connectivity index (χ4n) is 2.02. The highest BCUT2D eigenvalue weighted by atomic mass is 32.1. The highest BCUT2D eigenvalue weighted by Crippen LogP contribution is 2.45. The first-order valence-electron chi connectivity index (χ1n) is 5.71. The number of aryl methyl sites for hydroxylation is 1. The Kier molecular flexibility index (Phi) is 2.36. The molecule has 1 fully saturated rings. The second-order valence-corrected chi connectivity index (χ2v) is 5.62. The van der Waals surface area contributed by atoms with Crippen LogP contribution in [0.5, 0.6) is 0 Å². The van der Waals surface area contributed by atoms with Gasteiger partial charge < -0.3 is 5.73 Å². The van der Waals surface area contributed by atoms with Gasteiger partial charge in [-0.05, 0) is 25.3 Å². The largest absolute Gasteiger partial charge is 0.375 e. The molecule has 0 aromatic carbocycles. The van der Waals surface area contributed by atoms with Gasteiger partial charge in [0.1, 0.15) is 5.82 Å². The van der Waals surface area contributed by atoms with Crippen LogP contribution in [-0.4, -0.2) is 15.0 Å².